The average Bonchev–Trinajstić information content (AvgIpc) is 2.77. The van der Waals surface area contributed by atoms with Crippen LogP contribution in [0.3, 0.4) is 0 Å². The number of benzene rings is 3. The Morgan fingerprint density at radius 1 is 0.724 bits per heavy atom. The van der Waals surface area contributed by atoms with Crippen LogP contribution in [-0.4, -0.2) is 16.7 Å². The second-order valence-electron chi connectivity index (χ2n) is 7.76. The van der Waals surface area contributed by atoms with E-state index in [0.29, 0.717) is 6.54 Å². The highest BCUT2D eigenvalue weighted by Gasteiger charge is 2.55. The zero-order chi connectivity index (χ0) is 20.5. The molecule has 146 valence electrons. The van der Waals surface area contributed by atoms with E-state index in [1.54, 1.807) is 11.8 Å². The lowest BCUT2D eigenvalue weighted by Crippen LogP contribution is -2.70. The largest absolute Gasteiger partial charge is 0.336 e. The second kappa shape index (κ2) is 7.21. The summed E-state index contributed by atoms with van der Waals surface area (Å²) in [6, 6.07) is 28.7. The van der Waals surface area contributed by atoms with Gasteiger partial charge in [-0.3, -0.25) is 9.59 Å². The van der Waals surface area contributed by atoms with E-state index in [1.165, 1.54) is 0 Å². The number of carbonyl (C=O) groups is 2. The first-order valence-corrected chi connectivity index (χ1v) is 9.76. The van der Waals surface area contributed by atoms with Gasteiger partial charge in [0.25, 0.3) is 11.8 Å². The molecule has 0 aliphatic carbocycles. The monoisotopic (exact) mass is 384 g/mol. The van der Waals surface area contributed by atoms with Crippen LogP contribution in [0.1, 0.15) is 30.5 Å². The fourth-order valence-electron chi connectivity index (χ4n) is 4.01. The number of piperazine rings is 1. The predicted molar refractivity (Wildman–Crippen MR) is 113 cm³/mol. The maximum atomic E-state index is 13.9. The molecule has 3 aromatic rings. The van der Waals surface area contributed by atoms with Crippen molar-refractivity contribution in [2.45, 2.75) is 31.5 Å². The molecule has 1 saturated heterocycles. The lowest BCUT2D eigenvalue weighted by Gasteiger charge is -2.50. The Kier molecular flexibility index (Phi) is 4.71. The lowest BCUT2D eigenvalue weighted by atomic mass is 9.79. The van der Waals surface area contributed by atoms with Crippen molar-refractivity contribution in [1.82, 2.24) is 10.2 Å². The van der Waals surface area contributed by atoms with Crippen molar-refractivity contribution in [2.24, 2.45) is 0 Å². The van der Waals surface area contributed by atoms with E-state index in [-0.39, 0.29) is 11.8 Å². The summed E-state index contributed by atoms with van der Waals surface area (Å²) in [6.45, 7) is 3.95. The number of carbonyl (C=O) groups excluding carboxylic acids is 2. The van der Waals surface area contributed by atoms with Crippen LogP contribution in [0.2, 0.25) is 0 Å². The van der Waals surface area contributed by atoms with Crippen molar-refractivity contribution in [3.05, 3.63) is 108 Å². The van der Waals surface area contributed by atoms with Gasteiger partial charge >= 0.3 is 0 Å². The summed E-state index contributed by atoms with van der Waals surface area (Å²) in [5, 5.41) is 3.03. The van der Waals surface area contributed by atoms with E-state index < -0.39 is 11.1 Å². The Bertz CT molecular complexity index is 1020. The highest BCUT2D eigenvalue weighted by Crippen LogP contribution is 2.39. The molecule has 2 atom stereocenters. The van der Waals surface area contributed by atoms with Crippen LogP contribution in [0, 0.1) is 0 Å². The van der Waals surface area contributed by atoms with Crippen molar-refractivity contribution in [3.8, 4) is 0 Å². The molecule has 1 fully saturated rings. The third kappa shape index (κ3) is 3.11. The number of nitrogens with zero attached hydrogens (tertiary/aromatic N) is 1. The number of nitrogens with one attached hydrogen (secondary N) is 1. The quantitative estimate of drug-likeness (QED) is 0.740. The van der Waals surface area contributed by atoms with Crippen molar-refractivity contribution in [2.75, 3.05) is 0 Å². The standard InChI is InChI=1S/C25H24N2O2/c1-24(20-14-8-4-9-15-20)23(29)27(18-19-12-6-3-7-13-19)25(2,22(28)26-24)21-16-10-5-11-17-21/h3-17H,18H2,1-2H3,(H,26,28). The zero-order valence-electron chi connectivity index (χ0n) is 16.6. The van der Waals surface area contributed by atoms with Gasteiger partial charge in [0.15, 0.2) is 0 Å². The van der Waals surface area contributed by atoms with Crippen LogP contribution in [0.25, 0.3) is 0 Å². The highest BCUT2D eigenvalue weighted by molar-refractivity contribution is 6.02. The predicted octanol–water partition coefficient (Wildman–Crippen LogP) is 3.98. The van der Waals surface area contributed by atoms with Gasteiger partial charge in [-0.15, -0.1) is 0 Å². The van der Waals surface area contributed by atoms with Crippen LogP contribution in [-0.2, 0) is 27.2 Å². The molecule has 1 aliphatic rings. The minimum absolute atomic E-state index is 0.126. The first kappa shape index (κ1) is 18.9. The Balaban J connectivity index is 1.85. The van der Waals surface area contributed by atoms with E-state index in [4.69, 9.17) is 0 Å². The van der Waals surface area contributed by atoms with E-state index in [1.807, 2.05) is 97.9 Å². The van der Waals surface area contributed by atoms with Gasteiger partial charge in [-0.25, -0.2) is 0 Å². The normalized spacial score (nSPS) is 24.3. The van der Waals surface area contributed by atoms with Crippen molar-refractivity contribution in [1.29, 1.82) is 0 Å². The molecule has 0 spiro atoms. The molecule has 0 radical (unpaired) electrons. The third-order valence-corrected chi connectivity index (χ3v) is 5.89. The van der Waals surface area contributed by atoms with E-state index in [0.717, 1.165) is 16.7 Å². The zero-order valence-corrected chi connectivity index (χ0v) is 16.6. The van der Waals surface area contributed by atoms with Crippen LogP contribution in [0.4, 0.5) is 0 Å². The second-order valence-corrected chi connectivity index (χ2v) is 7.76. The topological polar surface area (TPSA) is 49.4 Å². The SMILES string of the molecule is CC1(c2ccccc2)NC(=O)C(C)(c2ccccc2)N(Cc2ccccc2)C1=O. The minimum atomic E-state index is -1.12. The molecule has 29 heavy (non-hydrogen) atoms. The summed E-state index contributed by atoms with van der Waals surface area (Å²) < 4.78 is 0. The molecule has 1 aliphatic heterocycles. The van der Waals surface area contributed by atoms with Crippen molar-refractivity contribution in [3.63, 3.8) is 0 Å². The van der Waals surface area contributed by atoms with Crippen molar-refractivity contribution >= 4 is 11.8 Å². The van der Waals surface area contributed by atoms with Gasteiger partial charge in [-0.1, -0.05) is 91.0 Å². The fourth-order valence-corrected chi connectivity index (χ4v) is 4.01. The number of rotatable bonds is 4. The molecule has 0 aromatic heterocycles. The molecule has 0 bridgehead atoms. The van der Waals surface area contributed by atoms with Gasteiger partial charge in [0.1, 0.15) is 11.1 Å². The van der Waals surface area contributed by atoms with Gasteiger partial charge in [0.05, 0.1) is 0 Å². The van der Waals surface area contributed by atoms with Gasteiger partial charge < -0.3 is 10.2 Å². The van der Waals surface area contributed by atoms with E-state index in [2.05, 4.69) is 5.32 Å². The Labute approximate surface area is 171 Å². The number of amides is 2. The smallest absolute Gasteiger partial charge is 0.254 e. The maximum Gasteiger partial charge on any atom is 0.254 e. The highest BCUT2D eigenvalue weighted by atomic mass is 16.2. The minimum Gasteiger partial charge on any atom is -0.336 e. The molecule has 2 amide bonds. The van der Waals surface area contributed by atoms with Crippen LogP contribution < -0.4 is 5.32 Å². The molecule has 4 heteroatoms. The molecule has 4 nitrogen and oxygen atoms in total. The van der Waals surface area contributed by atoms with E-state index in [9.17, 15) is 9.59 Å². The molecule has 1 heterocycles. The average molecular weight is 384 g/mol. The summed E-state index contributed by atoms with van der Waals surface area (Å²) in [7, 11) is 0. The molecular weight excluding hydrogens is 360 g/mol. The maximum absolute atomic E-state index is 13.9. The molecule has 4 rings (SSSR count). The van der Waals surface area contributed by atoms with Gasteiger partial charge in [0, 0.05) is 6.54 Å². The first-order chi connectivity index (χ1) is 14.0. The van der Waals surface area contributed by atoms with Crippen LogP contribution in [0.15, 0.2) is 91.0 Å². The lowest BCUT2D eigenvalue weighted by molar-refractivity contribution is -0.164. The molecular formula is C25H24N2O2. The van der Waals surface area contributed by atoms with Crippen LogP contribution >= 0.6 is 0 Å². The van der Waals surface area contributed by atoms with Gasteiger partial charge in [0.2, 0.25) is 0 Å². The molecule has 1 N–H and O–H groups in total. The Morgan fingerprint density at radius 3 is 1.76 bits per heavy atom. The van der Waals surface area contributed by atoms with Gasteiger partial charge in [-0.05, 0) is 30.5 Å². The van der Waals surface area contributed by atoms with Gasteiger partial charge in [-0.2, -0.15) is 0 Å². The fraction of sp³-hybridized carbons (Fsp3) is 0.200. The van der Waals surface area contributed by atoms with Crippen molar-refractivity contribution < 1.29 is 9.59 Å². The summed E-state index contributed by atoms with van der Waals surface area (Å²) in [4.78, 5) is 29.2. The summed E-state index contributed by atoms with van der Waals surface area (Å²) >= 11 is 0. The molecule has 0 saturated carbocycles. The summed E-state index contributed by atoms with van der Waals surface area (Å²) in [6.07, 6.45) is 0. The van der Waals surface area contributed by atoms with E-state index >= 15 is 0 Å². The number of hydrogen-bond donors (Lipinski definition) is 1. The molecule has 2 unspecified atom stereocenters. The number of hydrogen-bond acceptors (Lipinski definition) is 2. The Morgan fingerprint density at radius 2 is 1.21 bits per heavy atom. The summed E-state index contributed by atoms with van der Waals surface area (Å²) in [5.41, 5.74) is 0.306. The first-order valence-electron chi connectivity index (χ1n) is 9.76. The Hall–Kier alpha value is -3.40. The summed E-state index contributed by atoms with van der Waals surface area (Å²) in [5.74, 6) is -0.316. The van der Waals surface area contributed by atoms with Crippen LogP contribution in [0.5, 0.6) is 0 Å². The third-order valence-electron chi connectivity index (χ3n) is 5.89. The molecule has 3 aromatic carbocycles.